The lowest BCUT2D eigenvalue weighted by Gasteiger charge is -2.27. The van der Waals surface area contributed by atoms with Crippen LogP contribution in [-0.2, 0) is 30.2 Å². The van der Waals surface area contributed by atoms with E-state index in [2.05, 4.69) is 26.2 Å². The lowest BCUT2D eigenvalue weighted by molar-refractivity contribution is -0.160. The summed E-state index contributed by atoms with van der Waals surface area (Å²) in [6.45, 7) is 13.8. The molecule has 0 aliphatic carbocycles. The number of amides is 1. The quantitative estimate of drug-likeness (QED) is 0.285. The van der Waals surface area contributed by atoms with Gasteiger partial charge in [0.2, 0.25) is 0 Å². The molecular weight excluding hydrogens is 492 g/mol. The highest BCUT2D eigenvalue weighted by atomic mass is 79.9. The van der Waals surface area contributed by atoms with Crippen molar-refractivity contribution in [2.75, 3.05) is 0 Å². The Bertz CT molecular complexity index is 853. The largest absolute Gasteiger partial charge is 0.460 e. The first-order valence-electron chi connectivity index (χ1n) is 10.8. The number of halogens is 1. The van der Waals surface area contributed by atoms with E-state index in [0.717, 1.165) is 4.47 Å². The zero-order chi connectivity index (χ0) is 25.4. The van der Waals surface area contributed by atoms with Crippen molar-refractivity contribution in [1.29, 1.82) is 0 Å². The Morgan fingerprint density at radius 3 is 2.15 bits per heavy atom. The summed E-state index contributed by atoms with van der Waals surface area (Å²) in [6, 6.07) is 2.46. The molecule has 0 fully saturated rings. The summed E-state index contributed by atoms with van der Waals surface area (Å²) in [5.74, 6) is -1.59. The van der Waals surface area contributed by atoms with Crippen LogP contribution in [0.25, 0.3) is 0 Å². The number of nitrogens with zero attached hydrogens (tertiary/aromatic N) is 1. The molecule has 0 unspecified atom stereocenters. The van der Waals surface area contributed by atoms with Crippen LogP contribution in [0, 0.1) is 5.92 Å². The molecule has 0 spiro atoms. The SMILES string of the molecule is C/C=C(\C)OC(=O)[C@H](C[C@H](Cc1ccc(Br)cn1)C(=O)OC(C)(C)C)NC(=O)OC(C)(C)C. The van der Waals surface area contributed by atoms with Gasteiger partial charge in [-0.2, -0.15) is 0 Å². The van der Waals surface area contributed by atoms with Crippen LogP contribution in [0.4, 0.5) is 4.79 Å². The van der Waals surface area contributed by atoms with Crippen LogP contribution >= 0.6 is 15.9 Å². The molecule has 0 aromatic carbocycles. The smallest absolute Gasteiger partial charge is 0.408 e. The molecular formula is C24H35BrN2O6. The van der Waals surface area contributed by atoms with Crippen molar-refractivity contribution < 1.29 is 28.6 Å². The van der Waals surface area contributed by atoms with Crippen molar-refractivity contribution in [1.82, 2.24) is 10.3 Å². The molecule has 0 aliphatic rings. The van der Waals surface area contributed by atoms with E-state index in [-0.39, 0.29) is 12.8 Å². The molecule has 1 amide bonds. The van der Waals surface area contributed by atoms with Gasteiger partial charge in [-0.05, 0) is 95.9 Å². The van der Waals surface area contributed by atoms with Gasteiger partial charge in [-0.3, -0.25) is 9.78 Å². The minimum Gasteiger partial charge on any atom is -0.460 e. The fraction of sp³-hybridized carbons (Fsp3) is 0.583. The highest BCUT2D eigenvalue weighted by Crippen LogP contribution is 2.21. The predicted molar refractivity (Wildman–Crippen MR) is 128 cm³/mol. The van der Waals surface area contributed by atoms with E-state index in [1.807, 2.05) is 6.07 Å². The molecule has 1 rings (SSSR count). The monoisotopic (exact) mass is 526 g/mol. The Hall–Kier alpha value is -2.42. The van der Waals surface area contributed by atoms with E-state index < -0.39 is 41.2 Å². The third-order valence-electron chi connectivity index (χ3n) is 4.15. The molecule has 8 nitrogen and oxygen atoms in total. The molecule has 1 aromatic heterocycles. The third-order valence-corrected chi connectivity index (χ3v) is 4.62. The molecule has 0 bridgehead atoms. The summed E-state index contributed by atoms with van der Waals surface area (Å²) < 4.78 is 17.0. The molecule has 0 radical (unpaired) electrons. The maximum Gasteiger partial charge on any atom is 0.408 e. The lowest BCUT2D eigenvalue weighted by Crippen LogP contribution is -2.46. The number of esters is 2. The van der Waals surface area contributed by atoms with Crippen LogP contribution < -0.4 is 5.32 Å². The summed E-state index contributed by atoms with van der Waals surface area (Å²) in [4.78, 5) is 42.6. The van der Waals surface area contributed by atoms with Crippen LogP contribution in [0.2, 0.25) is 0 Å². The minimum atomic E-state index is -1.14. The number of aromatic nitrogens is 1. The zero-order valence-electron chi connectivity index (χ0n) is 20.7. The summed E-state index contributed by atoms with van der Waals surface area (Å²) in [5, 5.41) is 2.55. The van der Waals surface area contributed by atoms with Crippen molar-refractivity contribution in [2.24, 2.45) is 5.92 Å². The van der Waals surface area contributed by atoms with Gasteiger partial charge in [-0.1, -0.05) is 0 Å². The van der Waals surface area contributed by atoms with Gasteiger partial charge in [0.1, 0.15) is 23.0 Å². The van der Waals surface area contributed by atoms with Gasteiger partial charge in [0.15, 0.2) is 0 Å². The van der Waals surface area contributed by atoms with E-state index in [4.69, 9.17) is 14.2 Å². The van der Waals surface area contributed by atoms with Gasteiger partial charge in [0.05, 0.1) is 5.92 Å². The molecule has 1 heterocycles. The Kier molecular flexibility index (Phi) is 10.5. The summed E-state index contributed by atoms with van der Waals surface area (Å²) in [5.41, 5.74) is -0.842. The summed E-state index contributed by atoms with van der Waals surface area (Å²) >= 11 is 3.34. The topological polar surface area (TPSA) is 104 Å². The van der Waals surface area contributed by atoms with E-state index in [0.29, 0.717) is 11.5 Å². The maximum absolute atomic E-state index is 13.0. The number of ether oxygens (including phenoxy) is 3. The van der Waals surface area contributed by atoms with Crippen molar-refractivity contribution in [2.45, 2.75) is 85.5 Å². The summed E-state index contributed by atoms with van der Waals surface area (Å²) in [7, 11) is 0. The fourth-order valence-electron chi connectivity index (χ4n) is 2.66. The second kappa shape index (κ2) is 12.2. The fourth-order valence-corrected chi connectivity index (χ4v) is 2.90. The Balaban J connectivity index is 3.20. The highest BCUT2D eigenvalue weighted by Gasteiger charge is 2.34. The molecule has 1 N–H and O–H groups in total. The number of nitrogens with one attached hydrogen (secondary N) is 1. The van der Waals surface area contributed by atoms with Crippen LogP contribution in [0.5, 0.6) is 0 Å². The number of pyridine rings is 1. The summed E-state index contributed by atoms with van der Waals surface area (Å²) in [6.07, 6.45) is 2.63. The Morgan fingerprint density at radius 2 is 1.67 bits per heavy atom. The molecule has 184 valence electrons. The van der Waals surface area contributed by atoms with Crippen LogP contribution in [0.1, 0.15) is 67.5 Å². The van der Waals surface area contributed by atoms with Gasteiger partial charge in [0, 0.05) is 22.8 Å². The van der Waals surface area contributed by atoms with Crippen molar-refractivity contribution in [3.63, 3.8) is 0 Å². The average molecular weight is 527 g/mol. The van der Waals surface area contributed by atoms with Gasteiger partial charge >= 0.3 is 18.0 Å². The number of allylic oxidation sites excluding steroid dienone is 2. The molecule has 0 saturated heterocycles. The van der Waals surface area contributed by atoms with E-state index in [1.54, 1.807) is 73.7 Å². The predicted octanol–water partition coefficient (Wildman–Crippen LogP) is 5.09. The third kappa shape index (κ3) is 11.8. The number of alkyl carbamates (subject to hydrolysis) is 1. The second-order valence-corrected chi connectivity index (χ2v) is 10.6. The van der Waals surface area contributed by atoms with E-state index in [1.165, 1.54) is 0 Å². The van der Waals surface area contributed by atoms with Gasteiger partial charge in [-0.15, -0.1) is 0 Å². The number of rotatable bonds is 8. The first kappa shape index (κ1) is 28.6. The zero-order valence-corrected chi connectivity index (χ0v) is 22.2. The number of carbonyl (C=O) groups excluding carboxylic acids is 3. The minimum absolute atomic E-state index is 0.0538. The lowest BCUT2D eigenvalue weighted by atomic mass is 9.94. The highest BCUT2D eigenvalue weighted by molar-refractivity contribution is 9.10. The first-order chi connectivity index (χ1) is 15.1. The first-order valence-corrected chi connectivity index (χ1v) is 11.6. The molecule has 0 aliphatic heterocycles. The van der Waals surface area contributed by atoms with Gasteiger partial charge in [0.25, 0.3) is 0 Å². The maximum atomic E-state index is 13.0. The molecule has 9 heteroatoms. The molecule has 1 aromatic rings. The van der Waals surface area contributed by atoms with Gasteiger partial charge < -0.3 is 19.5 Å². The molecule has 33 heavy (non-hydrogen) atoms. The number of carbonyl (C=O) groups is 3. The Labute approximate surface area is 204 Å². The van der Waals surface area contributed by atoms with Crippen molar-refractivity contribution in [3.05, 3.63) is 40.3 Å². The Morgan fingerprint density at radius 1 is 1.06 bits per heavy atom. The van der Waals surface area contributed by atoms with Gasteiger partial charge in [-0.25, -0.2) is 9.59 Å². The molecule has 0 saturated carbocycles. The van der Waals surface area contributed by atoms with Crippen LogP contribution in [0.15, 0.2) is 34.6 Å². The van der Waals surface area contributed by atoms with E-state index >= 15 is 0 Å². The van der Waals surface area contributed by atoms with Crippen LogP contribution in [0.3, 0.4) is 0 Å². The van der Waals surface area contributed by atoms with Crippen molar-refractivity contribution >= 4 is 34.0 Å². The number of hydrogen-bond donors (Lipinski definition) is 1. The van der Waals surface area contributed by atoms with E-state index in [9.17, 15) is 14.4 Å². The second-order valence-electron chi connectivity index (χ2n) is 9.66. The standard InChI is InChI=1S/C24H35BrN2O6/c1-9-15(2)31-21(29)19(27-22(30)33-24(6,7)8)13-16(20(28)32-23(3,4)5)12-18-11-10-17(25)14-26-18/h9-11,14,16,19H,12-13H2,1-8H3,(H,27,30)/b15-9+/t16-,19-/m0/s1. The average Bonchev–Trinajstić information content (AvgIpc) is 2.65. The number of hydrogen-bond acceptors (Lipinski definition) is 7. The molecule has 2 atom stereocenters. The van der Waals surface area contributed by atoms with Crippen LogP contribution in [-0.4, -0.2) is 40.3 Å². The normalized spacial score (nSPS) is 14.2. The van der Waals surface area contributed by atoms with Crippen molar-refractivity contribution in [3.8, 4) is 0 Å².